The second-order valence-corrected chi connectivity index (χ2v) is 4.27. The zero-order valence-electron chi connectivity index (χ0n) is 10.7. The first-order valence-corrected chi connectivity index (χ1v) is 6.24. The van der Waals surface area contributed by atoms with Crippen LogP contribution in [0.4, 0.5) is 11.5 Å². The van der Waals surface area contributed by atoms with Gasteiger partial charge in [-0.3, -0.25) is 0 Å². The van der Waals surface area contributed by atoms with Crippen molar-refractivity contribution in [3.63, 3.8) is 0 Å². The highest BCUT2D eigenvalue weighted by Gasteiger charge is 2.09. The van der Waals surface area contributed by atoms with Crippen molar-refractivity contribution in [3.8, 4) is 11.8 Å². The van der Waals surface area contributed by atoms with E-state index in [1.54, 1.807) is 10.9 Å². The maximum atomic E-state index is 9.21. The van der Waals surface area contributed by atoms with Gasteiger partial charge in [-0.2, -0.15) is 5.26 Å². The normalized spacial score (nSPS) is 9.95. The van der Waals surface area contributed by atoms with Crippen molar-refractivity contribution in [2.45, 2.75) is 0 Å². The molecule has 0 amide bonds. The summed E-state index contributed by atoms with van der Waals surface area (Å²) in [6.45, 7) is 0. The molecule has 1 aromatic heterocycles. The summed E-state index contributed by atoms with van der Waals surface area (Å²) in [5, 5.41) is 16.8. The SMILES string of the molecule is N#Cc1cn(-c2ccccc2)nc1Nc1ccccc1. The molecular weight excluding hydrogens is 248 g/mol. The predicted octanol–water partition coefficient (Wildman–Crippen LogP) is 3.49. The van der Waals surface area contributed by atoms with Gasteiger partial charge in [-0.25, -0.2) is 4.68 Å². The van der Waals surface area contributed by atoms with Crippen LogP contribution in [0.25, 0.3) is 5.69 Å². The molecule has 3 rings (SSSR count). The molecule has 0 aliphatic rings. The van der Waals surface area contributed by atoms with E-state index in [1.807, 2.05) is 60.7 Å². The van der Waals surface area contributed by atoms with Crippen LogP contribution in [-0.2, 0) is 0 Å². The van der Waals surface area contributed by atoms with E-state index >= 15 is 0 Å². The number of hydrogen-bond donors (Lipinski definition) is 1. The molecule has 0 aliphatic heterocycles. The number of nitriles is 1. The zero-order valence-corrected chi connectivity index (χ0v) is 10.7. The van der Waals surface area contributed by atoms with Crippen LogP contribution in [0.15, 0.2) is 66.9 Å². The fraction of sp³-hybridized carbons (Fsp3) is 0. The number of hydrogen-bond acceptors (Lipinski definition) is 3. The molecule has 0 fully saturated rings. The first-order valence-electron chi connectivity index (χ1n) is 6.24. The van der Waals surface area contributed by atoms with Gasteiger partial charge >= 0.3 is 0 Å². The molecule has 0 bridgehead atoms. The summed E-state index contributed by atoms with van der Waals surface area (Å²) in [6.07, 6.45) is 1.72. The Morgan fingerprint density at radius 2 is 1.60 bits per heavy atom. The highest BCUT2D eigenvalue weighted by Crippen LogP contribution is 2.20. The molecule has 4 nitrogen and oxygen atoms in total. The molecule has 0 aliphatic carbocycles. The van der Waals surface area contributed by atoms with E-state index in [4.69, 9.17) is 0 Å². The molecule has 0 saturated carbocycles. The Balaban J connectivity index is 1.96. The molecule has 96 valence electrons. The Kier molecular flexibility index (Phi) is 3.17. The van der Waals surface area contributed by atoms with E-state index in [1.165, 1.54) is 0 Å². The first kappa shape index (κ1) is 12.0. The maximum Gasteiger partial charge on any atom is 0.170 e. The zero-order chi connectivity index (χ0) is 13.8. The molecule has 4 heteroatoms. The predicted molar refractivity (Wildman–Crippen MR) is 78.0 cm³/mol. The third-order valence-corrected chi connectivity index (χ3v) is 2.89. The fourth-order valence-corrected chi connectivity index (χ4v) is 1.92. The van der Waals surface area contributed by atoms with Crippen LogP contribution < -0.4 is 5.32 Å². The summed E-state index contributed by atoms with van der Waals surface area (Å²) >= 11 is 0. The molecule has 20 heavy (non-hydrogen) atoms. The molecule has 1 heterocycles. The number of anilines is 2. The van der Waals surface area contributed by atoms with Gasteiger partial charge in [-0.05, 0) is 24.3 Å². The van der Waals surface area contributed by atoms with Crippen LogP contribution in [0.5, 0.6) is 0 Å². The summed E-state index contributed by atoms with van der Waals surface area (Å²) < 4.78 is 1.70. The van der Waals surface area contributed by atoms with Gasteiger partial charge in [0.05, 0.1) is 11.9 Å². The van der Waals surface area contributed by atoms with E-state index in [9.17, 15) is 5.26 Å². The number of benzene rings is 2. The minimum absolute atomic E-state index is 0.512. The van der Waals surface area contributed by atoms with Gasteiger partial charge in [0.1, 0.15) is 11.6 Å². The van der Waals surface area contributed by atoms with Crippen LogP contribution in [0.1, 0.15) is 5.56 Å². The van der Waals surface area contributed by atoms with Gasteiger partial charge in [0.25, 0.3) is 0 Å². The Hall–Kier alpha value is -3.06. The van der Waals surface area contributed by atoms with Gasteiger partial charge in [-0.1, -0.05) is 36.4 Å². The lowest BCUT2D eigenvalue weighted by Gasteiger charge is -2.03. The standard InChI is InChI=1S/C16H12N4/c17-11-13-12-20(15-9-5-2-6-10-15)19-16(13)18-14-7-3-1-4-8-14/h1-10,12H,(H,18,19). The van der Waals surface area contributed by atoms with Gasteiger partial charge in [0, 0.05) is 5.69 Å². The van der Waals surface area contributed by atoms with Crippen LogP contribution in [0, 0.1) is 11.3 Å². The summed E-state index contributed by atoms with van der Waals surface area (Å²) in [4.78, 5) is 0. The lowest BCUT2D eigenvalue weighted by molar-refractivity contribution is 0.884. The first-order chi connectivity index (χ1) is 9.86. The van der Waals surface area contributed by atoms with Crippen molar-refractivity contribution in [2.75, 3.05) is 5.32 Å². The minimum Gasteiger partial charge on any atom is -0.338 e. The molecule has 0 spiro atoms. The second-order valence-electron chi connectivity index (χ2n) is 4.27. The van der Waals surface area contributed by atoms with Crippen LogP contribution >= 0.6 is 0 Å². The number of rotatable bonds is 3. The Labute approximate surface area is 116 Å². The number of nitrogens with one attached hydrogen (secondary N) is 1. The monoisotopic (exact) mass is 260 g/mol. The highest BCUT2D eigenvalue weighted by molar-refractivity contribution is 5.62. The fourth-order valence-electron chi connectivity index (χ4n) is 1.92. The minimum atomic E-state index is 0.512. The molecule has 0 atom stereocenters. The topological polar surface area (TPSA) is 53.6 Å². The van der Waals surface area contributed by atoms with Gasteiger partial charge in [-0.15, -0.1) is 5.10 Å². The Bertz CT molecular complexity index is 739. The lowest BCUT2D eigenvalue weighted by atomic mass is 10.3. The lowest BCUT2D eigenvalue weighted by Crippen LogP contribution is -1.96. The van der Waals surface area contributed by atoms with Gasteiger partial charge in [0.15, 0.2) is 5.82 Å². The maximum absolute atomic E-state index is 9.21. The van der Waals surface area contributed by atoms with E-state index < -0.39 is 0 Å². The molecule has 0 unspecified atom stereocenters. The van der Waals surface area contributed by atoms with Gasteiger partial charge in [0.2, 0.25) is 0 Å². The van der Waals surface area contributed by atoms with E-state index in [0.29, 0.717) is 11.4 Å². The molecular formula is C16H12N4. The summed E-state index contributed by atoms with van der Waals surface area (Å²) in [5.41, 5.74) is 2.34. The summed E-state index contributed by atoms with van der Waals surface area (Å²) in [7, 11) is 0. The smallest absolute Gasteiger partial charge is 0.170 e. The Morgan fingerprint density at radius 3 is 2.25 bits per heavy atom. The molecule has 3 aromatic rings. The molecule has 0 radical (unpaired) electrons. The summed E-state index contributed by atoms with van der Waals surface area (Å²) in [6, 6.07) is 21.5. The van der Waals surface area contributed by atoms with Crippen molar-refractivity contribution in [2.24, 2.45) is 0 Å². The third kappa shape index (κ3) is 2.38. The van der Waals surface area contributed by atoms with E-state index in [0.717, 1.165) is 11.4 Å². The average Bonchev–Trinajstić information content (AvgIpc) is 2.92. The second kappa shape index (κ2) is 5.29. The van der Waals surface area contributed by atoms with Crippen molar-refractivity contribution in [3.05, 3.63) is 72.4 Å². The van der Waals surface area contributed by atoms with Crippen molar-refractivity contribution >= 4 is 11.5 Å². The number of nitrogens with zero attached hydrogens (tertiary/aromatic N) is 3. The van der Waals surface area contributed by atoms with Crippen molar-refractivity contribution in [1.29, 1.82) is 5.26 Å². The molecule has 2 aromatic carbocycles. The van der Waals surface area contributed by atoms with Gasteiger partial charge < -0.3 is 5.32 Å². The third-order valence-electron chi connectivity index (χ3n) is 2.89. The summed E-state index contributed by atoms with van der Waals surface area (Å²) in [5.74, 6) is 0.558. The molecule has 1 N–H and O–H groups in total. The Morgan fingerprint density at radius 1 is 0.950 bits per heavy atom. The van der Waals surface area contributed by atoms with E-state index in [-0.39, 0.29) is 0 Å². The van der Waals surface area contributed by atoms with Crippen molar-refractivity contribution < 1.29 is 0 Å². The molecule has 0 saturated heterocycles. The largest absolute Gasteiger partial charge is 0.338 e. The number of para-hydroxylation sites is 2. The quantitative estimate of drug-likeness (QED) is 0.784. The van der Waals surface area contributed by atoms with Crippen LogP contribution in [0.3, 0.4) is 0 Å². The number of aromatic nitrogens is 2. The van der Waals surface area contributed by atoms with Crippen LogP contribution in [0.2, 0.25) is 0 Å². The van der Waals surface area contributed by atoms with E-state index in [2.05, 4.69) is 16.5 Å². The average molecular weight is 260 g/mol. The van der Waals surface area contributed by atoms with Crippen LogP contribution in [-0.4, -0.2) is 9.78 Å². The van der Waals surface area contributed by atoms with Crippen molar-refractivity contribution in [1.82, 2.24) is 9.78 Å². The highest BCUT2D eigenvalue weighted by atomic mass is 15.3.